The van der Waals surface area contributed by atoms with Crippen LogP contribution in [0.3, 0.4) is 0 Å². The number of ether oxygens (including phenoxy) is 13. The maximum absolute atomic E-state index is 12.0. The lowest BCUT2D eigenvalue weighted by Crippen LogP contribution is -2.69. The van der Waals surface area contributed by atoms with Gasteiger partial charge >= 0.3 is 0 Å². The SMILES string of the molecule is CC(=O)N[C@H]1C(O)O[C@H](CO)[C@@H](O[C@@H]2O[C@H](CO[C@H]3O[C@H](CO)[C@@H](O)[C@H](O)[C@@H]3O)[C@@H](O)[C@H](O[C@H]3O[C@H](CO)[C@@H](O)[C@H](O)[C@@H]3O[C@H]3O[C@H](CO)[C@@H](O)[C@H](O)[C@@H]3O[C@H]3O[C@H](CO)[C@@H](O)[C@H](O[C@H]4O[C@H](CO)[C@@H](O)[C@H](O)[C@H]4O)[C@@H]3O)[C@@H]2O)[C@@H]1O. The van der Waals surface area contributed by atoms with Gasteiger partial charge in [0.05, 0.1) is 46.2 Å². The molecule has 7 rings (SSSR count). The summed E-state index contributed by atoms with van der Waals surface area (Å²) in [5.41, 5.74) is 0. The molecule has 0 aromatic rings. The Morgan fingerprint density at radius 1 is 0.321 bits per heavy atom. The third-order valence-electron chi connectivity index (χ3n) is 14.9. The Bertz CT molecular complexity index is 1940. The number of hydrogen-bond donors (Lipinski definition) is 23. The lowest BCUT2D eigenvalue weighted by molar-refractivity contribution is -0.410. The molecule has 1 amide bonds. The third kappa shape index (κ3) is 14.1. The van der Waals surface area contributed by atoms with Gasteiger partial charge in [-0.05, 0) is 0 Å². The van der Waals surface area contributed by atoms with Crippen LogP contribution < -0.4 is 5.32 Å². The van der Waals surface area contributed by atoms with E-state index < -0.39 is 267 Å². The monoisotopic (exact) mass is 1190 g/mol. The molecule has 0 bridgehead atoms. The summed E-state index contributed by atoms with van der Waals surface area (Å²) in [7, 11) is 0. The fourth-order valence-corrected chi connectivity index (χ4v) is 10.3. The van der Waals surface area contributed by atoms with Gasteiger partial charge in [-0.15, -0.1) is 0 Å². The minimum Gasteiger partial charge on any atom is -0.394 e. The molecule has 7 saturated heterocycles. The van der Waals surface area contributed by atoms with E-state index in [1.807, 2.05) is 0 Å². The Kier molecular flexibility index (Phi) is 23.6. The van der Waals surface area contributed by atoms with Gasteiger partial charge in [0.15, 0.2) is 44.0 Å². The van der Waals surface area contributed by atoms with Crippen LogP contribution in [0.5, 0.6) is 0 Å². The second-order valence-electron chi connectivity index (χ2n) is 20.3. The molecule has 7 aliphatic rings. The highest BCUT2D eigenvalue weighted by Crippen LogP contribution is 2.38. The highest BCUT2D eigenvalue weighted by atomic mass is 16.8. The Morgan fingerprint density at radius 2 is 0.642 bits per heavy atom. The maximum atomic E-state index is 12.0. The number of hydrogen-bond acceptors (Lipinski definition) is 36. The zero-order valence-electron chi connectivity index (χ0n) is 42.7. The molecule has 472 valence electrons. The molecule has 7 heterocycles. The standard InChI is InChI=1S/C44H75NO36/c1-9(52)45-17-24(59)33(15(7-51)70-38(17)68)77-42-32(67)35(23(58)16(76-42)8-69-39-29(64)25(60)18(53)10(2-46)71-39)79-43-37(28(63)21(56)12(4-48)74-43)81-44-36(27(62)20(55)13(5-49)75-44)80-41-31(66)34(22(57)14(6-50)73-41)78-40-30(65)26(61)19(54)11(3-47)72-40/h10-44,46-51,53-68H,2-8H2,1H3,(H,45,52)/t10-,11-,12-,13-,14-,15-,16-,17-,18-,19-,20-,21-,22-,23-,24-,25+,26+,27+,28+,29+,30-,31+,32+,33-,34+,35+,36+,37+,38?,39+,40-,41-,42+,43-,44-/m1/s1. The van der Waals surface area contributed by atoms with Crippen LogP contribution in [0.25, 0.3) is 0 Å². The molecule has 0 aromatic carbocycles. The predicted octanol–water partition coefficient (Wildman–Crippen LogP) is -16.1. The molecule has 1 unspecified atom stereocenters. The molecule has 0 radical (unpaired) electrons. The van der Waals surface area contributed by atoms with E-state index in [4.69, 9.17) is 61.6 Å². The van der Waals surface area contributed by atoms with Gasteiger partial charge in [-0.3, -0.25) is 4.79 Å². The van der Waals surface area contributed by atoms with Crippen LogP contribution in [-0.2, 0) is 66.4 Å². The highest BCUT2D eigenvalue weighted by Gasteiger charge is 2.59. The normalized spacial score (nSPS) is 51.9. The van der Waals surface area contributed by atoms with Crippen LogP contribution in [0.2, 0.25) is 0 Å². The summed E-state index contributed by atoms with van der Waals surface area (Å²) in [6.07, 6.45) is -69.1. The van der Waals surface area contributed by atoms with E-state index in [1.165, 1.54) is 0 Å². The van der Waals surface area contributed by atoms with Crippen molar-refractivity contribution < 1.29 is 179 Å². The first-order valence-electron chi connectivity index (χ1n) is 25.6. The van der Waals surface area contributed by atoms with Gasteiger partial charge in [-0.2, -0.15) is 0 Å². The minimum atomic E-state index is -2.36. The van der Waals surface area contributed by atoms with Gasteiger partial charge in [0.2, 0.25) is 5.91 Å². The van der Waals surface area contributed by atoms with Crippen molar-refractivity contribution in [2.24, 2.45) is 0 Å². The van der Waals surface area contributed by atoms with Crippen molar-refractivity contribution in [3.05, 3.63) is 0 Å². The van der Waals surface area contributed by atoms with Crippen molar-refractivity contribution >= 4 is 5.91 Å². The average molecular weight is 1190 g/mol. The first-order valence-corrected chi connectivity index (χ1v) is 25.6. The molecule has 37 heteroatoms. The van der Waals surface area contributed by atoms with Crippen molar-refractivity contribution in [3.63, 3.8) is 0 Å². The van der Waals surface area contributed by atoms with E-state index >= 15 is 0 Å². The van der Waals surface area contributed by atoms with Crippen LogP contribution in [0.4, 0.5) is 0 Å². The predicted molar refractivity (Wildman–Crippen MR) is 243 cm³/mol. The molecular weight excluding hydrogens is 1120 g/mol. The summed E-state index contributed by atoms with van der Waals surface area (Å²) in [6, 6.07) is -1.65. The van der Waals surface area contributed by atoms with Crippen molar-refractivity contribution in [1.29, 1.82) is 0 Å². The second kappa shape index (κ2) is 28.7. The highest BCUT2D eigenvalue weighted by molar-refractivity contribution is 5.73. The van der Waals surface area contributed by atoms with E-state index in [1.54, 1.807) is 0 Å². The molecule has 7 fully saturated rings. The number of carbonyl (C=O) groups is 1. The number of rotatable bonds is 20. The first-order chi connectivity index (χ1) is 38.3. The van der Waals surface area contributed by atoms with Gasteiger partial charge in [-0.25, -0.2) is 0 Å². The topological polar surface area (TPSA) is 594 Å². The zero-order chi connectivity index (χ0) is 59.6. The van der Waals surface area contributed by atoms with Crippen LogP contribution in [0.1, 0.15) is 6.92 Å². The Labute approximate surface area is 457 Å². The molecule has 0 aliphatic carbocycles. The summed E-state index contributed by atoms with van der Waals surface area (Å²) in [5, 5.41) is 239. The Hall–Kier alpha value is -1.93. The first kappa shape index (κ1) is 66.6. The third-order valence-corrected chi connectivity index (χ3v) is 14.9. The van der Waals surface area contributed by atoms with Gasteiger partial charge in [-0.1, -0.05) is 0 Å². The van der Waals surface area contributed by atoms with E-state index in [2.05, 4.69) is 5.32 Å². The molecule has 0 aromatic heterocycles. The molecular formula is C44H75NO36. The summed E-state index contributed by atoms with van der Waals surface area (Å²) < 4.78 is 74.1. The lowest BCUT2D eigenvalue weighted by atomic mass is 9.94. The number of amides is 1. The summed E-state index contributed by atoms with van der Waals surface area (Å²) in [4.78, 5) is 12.0. The maximum Gasteiger partial charge on any atom is 0.217 e. The van der Waals surface area contributed by atoms with Gasteiger partial charge in [0, 0.05) is 6.92 Å². The quantitative estimate of drug-likeness (QED) is 0.0538. The Morgan fingerprint density at radius 3 is 1.09 bits per heavy atom. The number of aliphatic hydroxyl groups excluding tert-OH is 22. The number of carbonyl (C=O) groups excluding carboxylic acids is 1. The number of aliphatic hydroxyl groups is 22. The fraction of sp³-hybridized carbons (Fsp3) is 0.977. The molecule has 81 heavy (non-hydrogen) atoms. The van der Waals surface area contributed by atoms with E-state index in [9.17, 15) is 117 Å². The fourth-order valence-electron chi connectivity index (χ4n) is 10.3. The van der Waals surface area contributed by atoms with Crippen LogP contribution in [0, 0.1) is 0 Å². The van der Waals surface area contributed by atoms with Crippen molar-refractivity contribution in [1.82, 2.24) is 5.32 Å². The minimum absolute atomic E-state index is 0.783. The smallest absolute Gasteiger partial charge is 0.217 e. The van der Waals surface area contributed by atoms with Gasteiger partial charge in [0.1, 0.15) is 171 Å². The molecule has 37 nitrogen and oxygen atoms in total. The van der Waals surface area contributed by atoms with E-state index in [0.717, 1.165) is 6.92 Å². The summed E-state index contributed by atoms with van der Waals surface area (Å²) in [6.45, 7) is -6.01. The van der Waals surface area contributed by atoms with Crippen molar-refractivity contribution in [2.75, 3.05) is 46.2 Å². The van der Waals surface area contributed by atoms with Crippen LogP contribution in [-0.4, -0.2) is 379 Å². The molecule has 0 spiro atoms. The summed E-state index contributed by atoms with van der Waals surface area (Å²) in [5.74, 6) is -0.783. The Balaban J connectivity index is 1.19. The van der Waals surface area contributed by atoms with E-state index in [0.29, 0.717) is 0 Å². The largest absolute Gasteiger partial charge is 0.394 e. The average Bonchev–Trinajstić information content (AvgIpc) is 3.64. The number of nitrogens with one attached hydrogen (secondary N) is 1. The second-order valence-corrected chi connectivity index (χ2v) is 20.3. The molecule has 35 atom stereocenters. The van der Waals surface area contributed by atoms with Crippen LogP contribution >= 0.6 is 0 Å². The molecule has 23 N–H and O–H groups in total. The van der Waals surface area contributed by atoms with Crippen molar-refractivity contribution in [3.8, 4) is 0 Å². The van der Waals surface area contributed by atoms with Gasteiger partial charge < -0.3 is 179 Å². The van der Waals surface area contributed by atoms with Crippen molar-refractivity contribution in [2.45, 2.75) is 222 Å². The van der Waals surface area contributed by atoms with E-state index in [-0.39, 0.29) is 0 Å². The zero-order valence-corrected chi connectivity index (χ0v) is 42.7. The lowest BCUT2D eigenvalue weighted by Gasteiger charge is -2.50. The summed E-state index contributed by atoms with van der Waals surface area (Å²) >= 11 is 0. The molecule has 0 saturated carbocycles. The molecule has 7 aliphatic heterocycles. The van der Waals surface area contributed by atoms with Crippen LogP contribution in [0.15, 0.2) is 0 Å². The van der Waals surface area contributed by atoms with Gasteiger partial charge in [0.25, 0.3) is 0 Å².